The first-order valence-electron chi connectivity index (χ1n) is 6.51. The molecule has 1 aromatic carbocycles. The van der Waals surface area contributed by atoms with Gasteiger partial charge in [-0.15, -0.1) is 0 Å². The molecule has 1 aliphatic rings. The number of carboxylic acids is 1. The van der Waals surface area contributed by atoms with Crippen molar-refractivity contribution in [2.45, 2.75) is 20.4 Å². The third-order valence-electron chi connectivity index (χ3n) is 3.98. The number of amides is 1. The van der Waals surface area contributed by atoms with Crippen LogP contribution in [0.25, 0.3) is 0 Å². The SMILES string of the molecule is COc1cccc(CNC(=O)[C@H]2[C@@H](C(=O)O)C2(C)C)c1. The average molecular weight is 277 g/mol. The molecule has 2 atom stereocenters. The minimum absolute atomic E-state index is 0.204. The summed E-state index contributed by atoms with van der Waals surface area (Å²) in [5.41, 5.74) is 0.452. The van der Waals surface area contributed by atoms with Crippen LogP contribution in [0, 0.1) is 17.3 Å². The lowest BCUT2D eigenvalue weighted by Crippen LogP contribution is -2.26. The van der Waals surface area contributed by atoms with E-state index in [1.165, 1.54) is 0 Å². The largest absolute Gasteiger partial charge is 0.497 e. The molecule has 0 radical (unpaired) electrons. The molecule has 0 heterocycles. The highest BCUT2D eigenvalue weighted by molar-refractivity contribution is 5.91. The van der Waals surface area contributed by atoms with Crippen LogP contribution in [-0.4, -0.2) is 24.1 Å². The van der Waals surface area contributed by atoms with E-state index < -0.39 is 23.2 Å². The normalized spacial score (nSPS) is 22.9. The smallest absolute Gasteiger partial charge is 0.307 e. The third kappa shape index (κ3) is 2.61. The second kappa shape index (κ2) is 5.15. The average Bonchev–Trinajstić information content (AvgIpc) is 2.99. The van der Waals surface area contributed by atoms with E-state index in [9.17, 15) is 9.59 Å². The topological polar surface area (TPSA) is 75.6 Å². The van der Waals surface area contributed by atoms with Gasteiger partial charge in [-0.1, -0.05) is 26.0 Å². The molecule has 0 unspecified atom stereocenters. The van der Waals surface area contributed by atoms with E-state index in [2.05, 4.69) is 5.32 Å². The number of rotatable bonds is 5. The van der Waals surface area contributed by atoms with Crippen LogP contribution in [0.3, 0.4) is 0 Å². The number of hydrogen-bond acceptors (Lipinski definition) is 3. The molecule has 2 rings (SSSR count). The van der Waals surface area contributed by atoms with Gasteiger partial charge in [-0.3, -0.25) is 9.59 Å². The molecule has 0 bridgehead atoms. The van der Waals surface area contributed by atoms with Gasteiger partial charge in [0.1, 0.15) is 5.75 Å². The zero-order valence-electron chi connectivity index (χ0n) is 11.8. The van der Waals surface area contributed by atoms with Crippen molar-refractivity contribution in [2.75, 3.05) is 7.11 Å². The summed E-state index contributed by atoms with van der Waals surface area (Å²) in [7, 11) is 1.59. The molecule has 0 aliphatic heterocycles. The first-order valence-corrected chi connectivity index (χ1v) is 6.51. The van der Waals surface area contributed by atoms with E-state index >= 15 is 0 Å². The quantitative estimate of drug-likeness (QED) is 0.858. The number of carboxylic acid groups (broad SMARTS) is 1. The predicted molar refractivity (Wildman–Crippen MR) is 73.2 cm³/mol. The van der Waals surface area contributed by atoms with Gasteiger partial charge in [0.15, 0.2) is 0 Å². The van der Waals surface area contributed by atoms with Crippen molar-refractivity contribution >= 4 is 11.9 Å². The summed E-state index contributed by atoms with van der Waals surface area (Å²) in [5, 5.41) is 11.9. The van der Waals surface area contributed by atoms with Crippen LogP contribution < -0.4 is 10.1 Å². The number of benzene rings is 1. The van der Waals surface area contributed by atoms with E-state index in [-0.39, 0.29) is 5.91 Å². The third-order valence-corrected chi connectivity index (χ3v) is 3.98. The molecule has 0 aromatic heterocycles. The maximum Gasteiger partial charge on any atom is 0.307 e. The fraction of sp³-hybridized carbons (Fsp3) is 0.467. The van der Waals surface area contributed by atoms with Crippen molar-refractivity contribution in [3.8, 4) is 5.75 Å². The fourth-order valence-corrected chi connectivity index (χ4v) is 2.67. The lowest BCUT2D eigenvalue weighted by atomic mass is 10.1. The summed E-state index contributed by atoms with van der Waals surface area (Å²) >= 11 is 0. The molecule has 0 saturated heterocycles. The van der Waals surface area contributed by atoms with Gasteiger partial charge in [-0.2, -0.15) is 0 Å². The minimum Gasteiger partial charge on any atom is -0.497 e. The molecule has 1 aliphatic carbocycles. The predicted octanol–water partition coefficient (Wildman–Crippen LogP) is 1.67. The van der Waals surface area contributed by atoms with Gasteiger partial charge in [0.05, 0.1) is 18.9 Å². The number of methoxy groups -OCH3 is 1. The van der Waals surface area contributed by atoms with Gasteiger partial charge in [0.2, 0.25) is 5.91 Å². The molecule has 108 valence electrons. The second-order valence-corrected chi connectivity index (χ2v) is 5.68. The van der Waals surface area contributed by atoms with E-state index in [0.717, 1.165) is 11.3 Å². The lowest BCUT2D eigenvalue weighted by Gasteiger charge is -2.07. The van der Waals surface area contributed by atoms with Crippen molar-refractivity contribution in [3.05, 3.63) is 29.8 Å². The summed E-state index contributed by atoms with van der Waals surface area (Å²) in [6.45, 7) is 3.98. The molecular formula is C15H19NO4. The van der Waals surface area contributed by atoms with Crippen molar-refractivity contribution in [1.82, 2.24) is 5.32 Å². The van der Waals surface area contributed by atoms with Crippen LogP contribution >= 0.6 is 0 Å². The summed E-state index contributed by atoms with van der Waals surface area (Å²) in [6.07, 6.45) is 0. The molecule has 0 spiro atoms. The van der Waals surface area contributed by atoms with E-state index in [4.69, 9.17) is 9.84 Å². The molecule has 5 nitrogen and oxygen atoms in total. The number of carbonyl (C=O) groups excluding carboxylic acids is 1. The Balaban J connectivity index is 1.95. The minimum atomic E-state index is -0.906. The van der Waals surface area contributed by atoms with Crippen molar-refractivity contribution in [2.24, 2.45) is 17.3 Å². The number of hydrogen-bond donors (Lipinski definition) is 2. The van der Waals surface area contributed by atoms with Crippen LogP contribution in [0.5, 0.6) is 5.75 Å². The Morgan fingerprint density at radius 1 is 1.35 bits per heavy atom. The highest BCUT2D eigenvalue weighted by atomic mass is 16.5. The Kier molecular flexibility index (Phi) is 3.70. The maximum atomic E-state index is 12.1. The Bertz CT molecular complexity index is 538. The summed E-state index contributed by atoms with van der Waals surface area (Å²) in [4.78, 5) is 23.1. The van der Waals surface area contributed by atoms with Gasteiger partial charge < -0.3 is 15.2 Å². The number of ether oxygens (including phenoxy) is 1. The molecule has 5 heteroatoms. The van der Waals surface area contributed by atoms with Crippen molar-refractivity contribution < 1.29 is 19.4 Å². The Hall–Kier alpha value is -2.04. The zero-order chi connectivity index (χ0) is 14.9. The first-order chi connectivity index (χ1) is 9.37. The van der Waals surface area contributed by atoms with Crippen LogP contribution in [0.2, 0.25) is 0 Å². The maximum absolute atomic E-state index is 12.1. The van der Waals surface area contributed by atoms with Gasteiger partial charge in [0.25, 0.3) is 0 Å². The zero-order valence-corrected chi connectivity index (χ0v) is 11.8. The molecule has 1 amide bonds. The lowest BCUT2D eigenvalue weighted by molar-refractivity contribution is -0.140. The molecule has 1 fully saturated rings. The van der Waals surface area contributed by atoms with Gasteiger partial charge >= 0.3 is 5.97 Å². The van der Waals surface area contributed by atoms with Gasteiger partial charge in [-0.05, 0) is 23.1 Å². The first kappa shape index (κ1) is 14.4. The fourth-order valence-electron chi connectivity index (χ4n) is 2.67. The van der Waals surface area contributed by atoms with Gasteiger partial charge in [-0.25, -0.2) is 0 Å². The molecule has 1 saturated carbocycles. The Morgan fingerprint density at radius 2 is 2.05 bits per heavy atom. The summed E-state index contributed by atoms with van der Waals surface area (Å²) in [5.74, 6) is -1.42. The molecule has 2 N–H and O–H groups in total. The van der Waals surface area contributed by atoms with Gasteiger partial charge in [0, 0.05) is 6.54 Å². The number of nitrogens with one attached hydrogen (secondary N) is 1. The number of aliphatic carboxylic acids is 1. The van der Waals surface area contributed by atoms with Crippen LogP contribution in [0.4, 0.5) is 0 Å². The summed E-state index contributed by atoms with van der Waals surface area (Å²) in [6, 6.07) is 7.40. The van der Waals surface area contributed by atoms with E-state index in [1.807, 2.05) is 38.1 Å². The van der Waals surface area contributed by atoms with Crippen LogP contribution in [0.15, 0.2) is 24.3 Å². The Labute approximate surface area is 117 Å². The highest BCUT2D eigenvalue weighted by Gasteiger charge is 2.65. The van der Waals surface area contributed by atoms with Crippen molar-refractivity contribution in [1.29, 1.82) is 0 Å². The molecular weight excluding hydrogens is 258 g/mol. The summed E-state index contributed by atoms with van der Waals surface area (Å²) < 4.78 is 5.11. The van der Waals surface area contributed by atoms with E-state index in [0.29, 0.717) is 6.54 Å². The second-order valence-electron chi connectivity index (χ2n) is 5.68. The monoisotopic (exact) mass is 277 g/mol. The van der Waals surface area contributed by atoms with Crippen molar-refractivity contribution in [3.63, 3.8) is 0 Å². The highest BCUT2D eigenvalue weighted by Crippen LogP contribution is 2.58. The molecule has 20 heavy (non-hydrogen) atoms. The van der Waals surface area contributed by atoms with Crippen LogP contribution in [0.1, 0.15) is 19.4 Å². The number of carbonyl (C=O) groups is 2. The Morgan fingerprint density at radius 3 is 2.60 bits per heavy atom. The standard InChI is InChI=1S/C15H19NO4/c1-15(2)11(12(15)14(18)19)13(17)16-8-9-5-4-6-10(7-9)20-3/h4-7,11-12H,8H2,1-3H3,(H,16,17)(H,18,19)/t11-,12+/m1/s1. The molecule has 1 aromatic rings. The van der Waals surface area contributed by atoms with Crippen LogP contribution in [-0.2, 0) is 16.1 Å². The van der Waals surface area contributed by atoms with E-state index in [1.54, 1.807) is 7.11 Å².